The number of hydrogen-bond donors (Lipinski definition) is 1. The van der Waals surface area contributed by atoms with Gasteiger partial charge in [0, 0.05) is 21.7 Å². The number of thiocarbonyl (C=S) groups is 1. The summed E-state index contributed by atoms with van der Waals surface area (Å²) in [6, 6.07) is 15.1. The number of halogens is 1. The molecule has 0 spiro atoms. The number of ether oxygens (including phenoxy) is 1. The lowest BCUT2D eigenvalue weighted by atomic mass is 10.2. The molecule has 2 aromatic rings. The molecule has 2 aromatic carbocycles. The van der Waals surface area contributed by atoms with Crippen LogP contribution in [-0.2, 0) is 4.79 Å². The summed E-state index contributed by atoms with van der Waals surface area (Å²) in [4.78, 5) is 11.5. The Morgan fingerprint density at radius 2 is 1.90 bits per heavy atom. The molecule has 0 atom stereocenters. The first-order valence-corrected chi connectivity index (χ1v) is 7.39. The first kappa shape index (κ1) is 14.9. The molecule has 0 aliphatic rings. The van der Waals surface area contributed by atoms with Gasteiger partial charge in [0.2, 0.25) is 0 Å². The van der Waals surface area contributed by atoms with Gasteiger partial charge in [-0.3, -0.25) is 4.79 Å². The van der Waals surface area contributed by atoms with Gasteiger partial charge in [-0.2, -0.15) is 0 Å². The second-order valence-electron chi connectivity index (χ2n) is 4.08. The Balaban J connectivity index is 2.12. The molecule has 0 unspecified atom stereocenters. The molecule has 20 heavy (non-hydrogen) atoms. The van der Waals surface area contributed by atoms with Gasteiger partial charge in [0.15, 0.2) is 0 Å². The maximum absolute atomic E-state index is 10.9. The Bertz CT molecular complexity index is 641. The van der Waals surface area contributed by atoms with E-state index >= 15 is 0 Å². The van der Waals surface area contributed by atoms with Crippen molar-refractivity contribution in [3.63, 3.8) is 0 Å². The summed E-state index contributed by atoms with van der Waals surface area (Å²) >= 11 is 7.60. The molecule has 2 rings (SSSR count). The summed E-state index contributed by atoms with van der Waals surface area (Å²) in [6.45, 7) is 1.37. The predicted molar refractivity (Wildman–Crippen MR) is 92.2 cm³/mol. The second kappa shape index (κ2) is 6.81. The highest BCUT2D eigenvalue weighted by molar-refractivity contribution is 14.1. The van der Waals surface area contributed by atoms with Crippen LogP contribution in [0, 0.1) is 3.57 Å². The van der Waals surface area contributed by atoms with Crippen molar-refractivity contribution in [1.29, 1.82) is 0 Å². The van der Waals surface area contributed by atoms with Crippen molar-refractivity contribution in [3.8, 4) is 5.75 Å². The number of carbonyl (C=O) groups is 1. The number of hydrogen-bond acceptors (Lipinski definition) is 3. The summed E-state index contributed by atoms with van der Waals surface area (Å²) in [7, 11) is 0. The van der Waals surface area contributed by atoms with Gasteiger partial charge < -0.3 is 10.1 Å². The third-order valence-electron chi connectivity index (χ3n) is 2.46. The van der Waals surface area contributed by atoms with E-state index in [9.17, 15) is 4.79 Å². The van der Waals surface area contributed by atoms with Crippen LogP contribution in [0.25, 0.3) is 0 Å². The van der Waals surface area contributed by atoms with Crippen molar-refractivity contribution < 1.29 is 9.53 Å². The molecule has 0 radical (unpaired) electrons. The maximum atomic E-state index is 10.9. The summed E-state index contributed by atoms with van der Waals surface area (Å²) in [5.74, 6) is 0.139. The quantitative estimate of drug-likeness (QED) is 0.368. The molecule has 0 aliphatic carbocycles. The lowest BCUT2D eigenvalue weighted by Gasteiger charge is -2.09. The van der Waals surface area contributed by atoms with Crippen LogP contribution in [0.1, 0.15) is 12.5 Å². The number of nitrogens with one attached hydrogen (secondary N) is 1. The van der Waals surface area contributed by atoms with Crippen LogP contribution < -0.4 is 10.1 Å². The van der Waals surface area contributed by atoms with E-state index in [1.807, 2.05) is 30.3 Å². The highest BCUT2D eigenvalue weighted by Gasteiger charge is 2.05. The lowest BCUT2D eigenvalue weighted by molar-refractivity contribution is -0.131. The highest BCUT2D eigenvalue weighted by atomic mass is 127. The fraction of sp³-hybridized carbons (Fsp3) is 0.0667. The average Bonchev–Trinajstić information content (AvgIpc) is 2.41. The van der Waals surface area contributed by atoms with Crippen LogP contribution >= 0.6 is 34.8 Å². The molecule has 3 nitrogen and oxygen atoms in total. The van der Waals surface area contributed by atoms with Crippen LogP contribution in [0.5, 0.6) is 5.75 Å². The minimum absolute atomic E-state index is 0.348. The van der Waals surface area contributed by atoms with E-state index in [2.05, 4.69) is 27.9 Å². The van der Waals surface area contributed by atoms with Crippen molar-refractivity contribution >= 4 is 51.5 Å². The standard InChI is InChI=1S/C15H12INO2S/c1-10(18)19-14-4-2-3-11(9-14)15(20)17-13-7-5-12(16)6-8-13/h2-9H,1H3,(H,17,20). The van der Waals surface area contributed by atoms with Crippen molar-refractivity contribution in [2.45, 2.75) is 6.92 Å². The first-order chi connectivity index (χ1) is 9.54. The number of anilines is 1. The van der Waals surface area contributed by atoms with E-state index in [4.69, 9.17) is 17.0 Å². The molecule has 1 N–H and O–H groups in total. The fourth-order valence-electron chi connectivity index (χ4n) is 1.60. The predicted octanol–water partition coefficient (Wildman–Crippen LogP) is 4.00. The Kier molecular flexibility index (Phi) is 5.08. The van der Waals surface area contributed by atoms with Gasteiger partial charge in [0.25, 0.3) is 0 Å². The van der Waals surface area contributed by atoms with Gasteiger partial charge in [-0.15, -0.1) is 0 Å². The zero-order valence-corrected chi connectivity index (χ0v) is 13.7. The molecule has 102 valence electrons. The molecule has 0 fully saturated rings. The highest BCUT2D eigenvalue weighted by Crippen LogP contribution is 2.17. The van der Waals surface area contributed by atoms with Crippen molar-refractivity contribution in [2.75, 3.05) is 5.32 Å². The molecule has 0 aromatic heterocycles. The molecule has 0 amide bonds. The third-order valence-corrected chi connectivity index (χ3v) is 3.52. The monoisotopic (exact) mass is 397 g/mol. The van der Waals surface area contributed by atoms with Crippen LogP contribution in [-0.4, -0.2) is 11.0 Å². The van der Waals surface area contributed by atoms with Gasteiger partial charge in [0.05, 0.1) is 0 Å². The Morgan fingerprint density at radius 3 is 2.55 bits per heavy atom. The zero-order valence-electron chi connectivity index (χ0n) is 10.7. The van der Waals surface area contributed by atoms with Crippen molar-refractivity contribution in [1.82, 2.24) is 0 Å². The molecular formula is C15H12INO2S. The van der Waals surface area contributed by atoms with Crippen LogP contribution in [0.15, 0.2) is 48.5 Å². The number of carbonyl (C=O) groups excluding carboxylic acids is 1. The van der Waals surface area contributed by atoms with Crippen LogP contribution in [0.3, 0.4) is 0 Å². The molecule has 5 heteroatoms. The first-order valence-electron chi connectivity index (χ1n) is 5.90. The van der Waals surface area contributed by atoms with Gasteiger partial charge in [-0.25, -0.2) is 0 Å². The molecule has 0 saturated carbocycles. The minimum Gasteiger partial charge on any atom is -0.427 e. The van der Waals surface area contributed by atoms with E-state index in [1.165, 1.54) is 6.92 Å². The second-order valence-corrected chi connectivity index (χ2v) is 5.74. The van der Waals surface area contributed by atoms with Crippen LogP contribution in [0.2, 0.25) is 0 Å². The van der Waals surface area contributed by atoms with Crippen molar-refractivity contribution in [3.05, 3.63) is 57.7 Å². The summed E-state index contributed by atoms with van der Waals surface area (Å²) in [5.41, 5.74) is 1.73. The van der Waals surface area contributed by atoms with Gasteiger partial charge >= 0.3 is 5.97 Å². The molecule has 0 saturated heterocycles. The lowest BCUT2D eigenvalue weighted by Crippen LogP contribution is -2.11. The van der Waals surface area contributed by atoms with Crippen molar-refractivity contribution in [2.24, 2.45) is 0 Å². The topological polar surface area (TPSA) is 38.3 Å². The summed E-state index contributed by atoms with van der Waals surface area (Å²) in [5, 5.41) is 3.15. The van der Waals surface area contributed by atoms with Gasteiger partial charge in [-0.05, 0) is 59.0 Å². The fourth-order valence-corrected chi connectivity index (χ4v) is 2.21. The van der Waals surface area contributed by atoms with E-state index < -0.39 is 0 Å². The number of rotatable bonds is 3. The Morgan fingerprint density at radius 1 is 1.20 bits per heavy atom. The SMILES string of the molecule is CC(=O)Oc1cccc(C(=S)Nc2ccc(I)cc2)c1. The summed E-state index contributed by atoms with van der Waals surface area (Å²) < 4.78 is 6.21. The molecule has 0 bridgehead atoms. The molecule has 0 heterocycles. The average molecular weight is 397 g/mol. The van der Waals surface area contributed by atoms with E-state index in [0.717, 1.165) is 14.8 Å². The normalized spacial score (nSPS) is 9.90. The zero-order chi connectivity index (χ0) is 14.5. The Labute approximate surface area is 136 Å². The minimum atomic E-state index is -0.348. The Hall–Kier alpha value is -1.47. The largest absolute Gasteiger partial charge is 0.427 e. The number of benzene rings is 2. The van der Waals surface area contributed by atoms with E-state index in [0.29, 0.717) is 10.7 Å². The van der Waals surface area contributed by atoms with Gasteiger partial charge in [-0.1, -0.05) is 24.4 Å². The van der Waals surface area contributed by atoms with E-state index in [-0.39, 0.29) is 5.97 Å². The smallest absolute Gasteiger partial charge is 0.308 e. The maximum Gasteiger partial charge on any atom is 0.308 e. The number of esters is 1. The molecular weight excluding hydrogens is 385 g/mol. The van der Waals surface area contributed by atoms with E-state index in [1.54, 1.807) is 18.2 Å². The summed E-state index contributed by atoms with van der Waals surface area (Å²) in [6.07, 6.45) is 0. The molecule has 0 aliphatic heterocycles. The third kappa shape index (κ3) is 4.28. The van der Waals surface area contributed by atoms with Crippen LogP contribution in [0.4, 0.5) is 5.69 Å². The van der Waals surface area contributed by atoms with Gasteiger partial charge in [0.1, 0.15) is 10.7 Å².